The molecular formula is C13H19ClN2. The lowest BCUT2D eigenvalue weighted by Crippen LogP contribution is -2.47. The lowest BCUT2D eigenvalue weighted by atomic mass is 10.0. The Kier molecular flexibility index (Phi) is 3.85. The largest absolute Gasteiger partial charge is 0.316 e. The van der Waals surface area contributed by atoms with Crippen LogP contribution < -0.4 is 5.32 Å². The third kappa shape index (κ3) is 2.57. The van der Waals surface area contributed by atoms with Crippen molar-refractivity contribution in [1.82, 2.24) is 10.2 Å². The maximum atomic E-state index is 6.21. The molecule has 0 radical (unpaired) electrons. The van der Waals surface area contributed by atoms with E-state index in [1.54, 1.807) is 0 Å². The fourth-order valence-corrected chi connectivity index (χ4v) is 2.39. The van der Waals surface area contributed by atoms with E-state index in [2.05, 4.69) is 36.3 Å². The first-order valence-electron chi connectivity index (χ1n) is 5.84. The zero-order valence-electron chi connectivity index (χ0n) is 9.91. The molecule has 1 saturated heterocycles. The van der Waals surface area contributed by atoms with Crippen molar-refractivity contribution in [3.63, 3.8) is 0 Å². The van der Waals surface area contributed by atoms with Crippen LogP contribution in [0.25, 0.3) is 0 Å². The van der Waals surface area contributed by atoms with Crippen molar-refractivity contribution in [2.75, 3.05) is 26.7 Å². The summed E-state index contributed by atoms with van der Waals surface area (Å²) < 4.78 is 0. The van der Waals surface area contributed by atoms with Crippen molar-refractivity contribution in [3.8, 4) is 0 Å². The van der Waals surface area contributed by atoms with Crippen LogP contribution in [0.5, 0.6) is 0 Å². The number of benzene rings is 1. The standard InChI is InChI=1S/C13H19ClN2/c1-10(12-5-3-4-6-13(12)14)16(2)9-11-7-15-8-11/h3-6,10-11,15H,7-9H2,1-2H3. The van der Waals surface area contributed by atoms with Crippen LogP contribution in [-0.2, 0) is 0 Å². The van der Waals surface area contributed by atoms with Crippen molar-refractivity contribution in [3.05, 3.63) is 34.9 Å². The molecule has 1 N–H and O–H groups in total. The van der Waals surface area contributed by atoms with E-state index in [0.29, 0.717) is 6.04 Å². The second kappa shape index (κ2) is 5.17. The number of nitrogens with zero attached hydrogens (tertiary/aromatic N) is 1. The molecule has 1 unspecified atom stereocenters. The van der Waals surface area contributed by atoms with Crippen molar-refractivity contribution >= 4 is 11.6 Å². The van der Waals surface area contributed by atoms with Gasteiger partial charge in [-0.2, -0.15) is 0 Å². The monoisotopic (exact) mass is 238 g/mol. The molecule has 0 bridgehead atoms. The minimum atomic E-state index is 0.384. The van der Waals surface area contributed by atoms with E-state index in [0.717, 1.165) is 30.6 Å². The normalized spacial score (nSPS) is 18.5. The van der Waals surface area contributed by atoms with E-state index in [-0.39, 0.29) is 0 Å². The molecule has 2 rings (SSSR count). The van der Waals surface area contributed by atoms with Crippen LogP contribution in [0, 0.1) is 5.92 Å². The molecule has 1 aliphatic rings. The molecule has 1 fully saturated rings. The number of rotatable bonds is 4. The van der Waals surface area contributed by atoms with Crippen molar-refractivity contribution in [2.45, 2.75) is 13.0 Å². The highest BCUT2D eigenvalue weighted by atomic mass is 35.5. The smallest absolute Gasteiger partial charge is 0.0453 e. The molecule has 3 heteroatoms. The van der Waals surface area contributed by atoms with Gasteiger partial charge in [-0.3, -0.25) is 4.90 Å². The molecule has 1 aromatic rings. The first-order chi connectivity index (χ1) is 7.68. The van der Waals surface area contributed by atoms with Gasteiger partial charge in [0.15, 0.2) is 0 Å². The van der Waals surface area contributed by atoms with Gasteiger partial charge in [-0.25, -0.2) is 0 Å². The quantitative estimate of drug-likeness (QED) is 0.868. The Labute approximate surface area is 103 Å². The molecule has 1 heterocycles. The van der Waals surface area contributed by atoms with Crippen LogP contribution >= 0.6 is 11.6 Å². The lowest BCUT2D eigenvalue weighted by Gasteiger charge is -2.34. The van der Waals surface area contributed by atoms with Crippen molar-refractivity contribution < 1.29 is 0 Å². The Bertz CT molecular complexity index is 350. The van der Waals surface area contributed by atoms with Gasteiger partial charge in [0.1, 0.15) is 0 Å². The summed E-state index contributed by atoms with van der Waals surface area (Å²) in [5, 5.41) is 4.17. The van der Waals surface area contributed by atoms with E-state index < -0.39 is 0 Å². The van der Waals surface area contributed by atoms with Gasteiger partial charge in [0.2, 0.25) is 0 Å². The Morgan fingerprint density at radius 1 is 1.44 bits per heavy atom. The molecule has 1 aromatic carbocycles. The maximum Gasteiger partial charge on any atom is 0.0453 e. The molecule has 0 aromatic heterocycles. The number of hydrogen-bond donors (Lipinski definition) is 1. The minimum Gasteiger partial charge on any atom is -0.316 e. The van der Waals surface area contributed by atoms with E-state index in [1.807, 2.05) is 12.1 Å². The zero-order valence-corrected chi connectivity index (χ0v) is 10.7. The van der Waals surface area contributed by atoms with E-state index in [9.17, 15) is 0 Å². The summed E-state index contributed by atoms with van der Waals surface area (Å²) in [5.74, 6) is 0.801. The summed E-state index contributed by atoms with van der Waals surface area (Å²) >= 11 is 6.21. The molecule has 0 amide bonds. The highest BCUT2D eigenvalue weighted by Gasteiger charge is 2.22. The molecule has 1 atom stereocenters. The Morgan fingerprint density at radius 2 is 2.12 bits per heavy atom. The van der Waals surface area contributed by atoms with Crippen molar-refractivity contribution in [1.29, 1.82) is 0 Å². The topological polar surface area (TPSA) is 15.3 Å². The molecule has 88 valence electrons. The Balaban J connectivity index is 2.00. The predicted molar refractivity (Wildman–Crippen MR) is 68.9 cm³/mol. The van der Waals surface area contributed by atoms with Crippen LogP contribution in [0.15, 0.2) is 24.3 Å². The highest BCUT2D eigenvalue weighted by Crippen LogP contribution is 2.26. The van der Waals surface area contributed by atoms with Crippen LogP contribution in [0.2, 0.25) is 5.02 Å². The summed E-state index contributed by atoms with van der Waals surface area (Å²) in [6.45, 7) is 5.66. The van der Waals surface area contributed by atoms with Gasteiger partial charge in [0, 0.05) is 30.7 Å². The lowest BCUT2D eigenvalue weighted by molar-refractivity contribution is 0.184. The maximum absolute atomic E-state index is 6.21. The van der Waals surface area contributed by atoms with E-state index in [4.69, 9.17) is 11.6 Å². The summed E-state index contributed by atoms with van der Waals surface area (Å²) in [6, 6.07) is 8.49. The molecular weight excluding hydrogens is 220 g/mol. The van der Waals surface area contributed by atoms with E-state index in [1.165, 1.54) is 5.56 Å². The summed E-state index contributed by atoms with van der Waals surface area (Å²) in [7, 11) is 2.17. The number of nitrogens with one attached hydrogen (secondary N) is 1. The van der Waals surface area contributed by atoms with Gasteiger partial charge in [-0.05, 0) is 31.5 Å². The third-order valence-corrected chi connectivity index (χ3v) is 3.77. The van der Waals surface area contributed by atoms with Gasteiger partial charge in [-0.1, -0.05) is 29.8 Å². The van der Waals surface area contributed by atoms with Crippen LogP contribution in [0.3, 0.4) is 0 Å². The summed E-state index contributed by atoms with van der Waals surface area (Å²) in [4.78, 5) is 2.38. The van der Waals surface area contributed by atoms with E-state index >= 15 is 0 Å². The van der Waals surface area contributed by atoms with Gasteiger partial charge in [0.25, 0.3) is 0 Å². The van der Waals surface area contributed by atoms with Crippen molar-refractivity contribution in [2.24, 2.45) is 5.92 Å². The molecule has 2 nitrogen and oxygen atoms in total. The molecule has 1 aliphatic heterocycles. The van der Waals surface area contributed by atoms with Crippen LogP contribution in [0.1, 0.15) is 18.5 Å². The zero-order chi connectivity index (χ0) is 11.5. The van der Waals surface area contributed by atoms with Gasteiger partial charge < -0.3 is 5.32 Å². The fourth-order valence-electron chi connectivity index (χ4n) is 2.09. The van der Waals surface area contributed by atoms with Gasteiger partial charge >= 0.3 is 0 Å². The SMILES string of the molecule is CC(c1ccccc1Cl)N(C)CC1CNC1. The average molecular weight is 239 g/mol. The number of halogens is 1. The first-order valence-corrected chi connectivity index (χ1v) is 6.21. The van der Waals surface area contributed by atoms with Gasteiger partial charge in [0.05, 0.1) is 0 Å². The summed E-state index contributed by atoms with van der Waals surface area (Å²) in [6.07, 6.45) is 0. The third-order valence-electron chi connectivity index (χ3n) is 3.43. The Morgan fingerprint density at radius 3 is 2.69 bits per heavy atom. The van der Waals surface area contributed by atoms with Crippen LogP contribution in [-0.4, -0.2) is 31.6 Å². The molecule has 16 heavy (non-hydrogen) atoms. The average Bonchev–Trinajstić information content (AvgIpc) is 2.23. The van der Waals surface area contributed by atoms with Gasteiger partial charge in [-0.15, -0.1) is 0 Å². The minimum absolute atomic E-state index is 0.384. The predicted octanol–water partition coefficient (Wildman–Crippen LogP) is 2.55. The molecule has 0 aliphatic carbocycles. The molecule has 0 spiro atoms. The Hall–Kier alpha value is -0.570. The molecule has 0 saturated carbocycles. The second-order valence-corrected chi connectivity index (χ2v) is 5.07. The first kappa shape index (κ1) is 11.9. The number of hydrogen-bond acceptors (Lipinski definition) is 2. The van der Waals surface area contributed by atoms with Crippen LogP contribution in [0.4, 0.5) is 0 Å². The second-order valence-electron chi connectivity index (χ2n) is 4.66. The summed E-state index contributed by atoms with van der Waals surface area (Å²) in [5.41, 5.74) is 1.22. The highest BCUT2D eigenvalue weighted by molar-refractivity contribution is 6.31. The fraction of sp³-hybridized carbons (Fsp3) is 0.538.